The number of carbonyl (C=O) groups excluding carboxylic acids is 2. The first-order valence-corrected chi connectivity index (χ1v) is 7.53. The van der Waals surface area contributed by atoms with Crippen molar-refractivity contribution in [3.8, 4) is 0 Å². The summed E-state index contributed by atoms with van der Waals surface area (Å²) < 4.78 is 20.7. The Morgan fingerprint density at radius 3 is 2.25 bits per heavy atom. The molecule has 0 heterocycles. The molecule has 0 aromatic heterocycles. The molecular weight excluding hydrogens is 280 g/mol. The van der Waals surface area contributed by atoms with E-state index in [1.54, 1.807) is 26.8 Å². The standard InChI is InChI=1S/C13H24O6Si/c1-4-8-11(14)16-10-7-9-13(17-5-2,18-6-3)12(15)19-20/h4,8H,5-7,9-10H2,1-3,20H3. The average Bonchev–Trinajstić information content (AvgIpc) is 2.43. The number of allylic oxidation sites excluding steroid dienone is 1. The second-order valence-electron chi connectivity index (χ2n) is 3.88. The molecule has 0 amide bonds. The minimum atomic E-state index is -1.39. The van der Waals surface area contributed by atoms with Gasteiger partial charge in [-0.1, -0.05) is 6.08 Å². The maximum Gasteiger partial charge on any atom is 0.352 e. The van der Waals surface area contributed by atoms with Gasteiger partial charge in [0.2, 0.25) is 10.5 Å². The maximum atomic E-state index is 11.9. The number of esters is 1. The fourth-order valence-corrected chi connectivity index (χ4v) is 2.00. The molecule has 0 atom stereocenters. The molecule has 0 fully saturated rings. The van der Waals surface area contributed by atoms with Gasteiger partial charge in [-0.15, -0.1) is 0 Å². The molecule has 0 saturated heterocycles. The third kappa shape index (κ3) is 6.31. The third-order valence-electron chi connectivity index (χ3n) is 2.45. The molecule has 116 valence electrons. The number of rotatable bonds is 10. The van der Waals surface area contributed by atoms with E-state index >= 15 is 0 Å². The van der Waals surface area contributed by atoms with Crippen LogP contribution < -0.4 is 0 Å². The third-order valence-corrected chi connectivity index (χ3v) is 2.82. The summed E-state index contributed by atoms with van der Waals surface area (Å²) in [5, 5.41) is 0. The Kier molecular flexibility index (Phi) is 9.96. The Hall–Kier alpha value is -1.18. The van der Waals surface area contributed by atoms with Crippen molar-refractivity contribution in [2.24, 2.45) is 0 Å². The van der Waals surface area contributed by atoms with Gasteiger partial charge in [0.15, 0.2) is 0 Å². The fraction of sp³-hybridized carbons (Fsp3) is 0.692. The molecular formula is C13H24O6Si. The van der Waals surface area contributed by atoms with Crippen LogP contribution in [0.15, 0.2) is 12.2 Å². The maximum absolute atomic E-state index is 11.9. The molecule has 0 unspecified atom stereocenters. The van der Waals surface area contributed by atoms with Gasteiger partial charge in [0.25, 0.3) is 5.79 Å². The summed E-state index contributed by atoms with van der Waals surface area (Å²) in [6.45, 7) is 6.14. The zero-order valence-electron chi connectivity index (χ0n) is 12.6. The van der Waals surface area contributed by atoms with Gasteiger partial charge < -0.3 is 18.6 Å². The molecule has 20 heavy (non-hydrogen) atoms. The summed E-state index contributed by atoms with van der Waals surface area (Å²) in [6, 6.07) is 0. The molecule has 0 rings (SSSR count). The van der Waals surface area contributed by atoms with Crippen LogP contribution in [0.2, 0.25) is 0 Å². The molecule has 0 aliphatic heterocycles. The summed E-state index contributed by atoms with van der Waals surface area (Å²) in [5.41, 5.74) is 0. The normalized spacial score (nSPS) is 11.8. The van der Waals surface area contributed by atoms with Gasteiger partial charge in [0.05, 0.1) is 6.61 Å². The Labute approximate surface area is 123 Å². The fourth-order valence-electron chi connectivity index (χ4n) is 1.69. The molecule has 0 aliphatic carbocycles. The lowest BCUT2D eigenvalue weighted by molar-refractivity contribution is -0.242. The van der Waals surface area contributed by atoms with E-state index in [9.17, 15) is 9.59 Å². The molecule has 0 N–H and O–H groups in total. The highest BCUT2D eigenvalue weighted by atomic mass is 28.2. The van der Waals surface area contributed by atoms with E-state index in [1.807, 2.05) is 0 Å². The Bertz CT molecular complexity index is 323. The van der Waals surface area contributed by atoms with Crippen LogP contribution in [-0.4, -0.2) is 48.0 Å². The van der Waals surface area contributed by atoms with Crippen molar-refractivity contribution in [3.63, 3.8) is 0 Å². The van der Waals surface area contributed by atoms with Crippen molar-refractivity contribution >= 4 is 22.4 Å². The van der Waals surface area contributed by atoms with Gasteiger partial charge in [-0.05, 0) is 27.2 Å². The van der Waals surface area contributed by atoms with Crippen LogP contribution in [0.5, 0.6) is 0 Å². The van der Waals surface area contributed by atoms with Crippen LogP contribution in [0.25, 0.3) is 0 Å². The van der Waals surface area contributed by atoms with Gasteiger partial charge in [0, 0.05) is 25.7 Å². The number of ether oxygens (including phenoxy) is 3. The van der Waals surface area contributed by atoms with Gasteiger partial charge in [-0.3, -0.25) is 0 Å². The lowest BCUT2D eigenvalue weighted by Gasteiger charge is -2.30. The van der Waals surface area contributed by atoms with E-state index < -0.39 is 17.7 Å². The van der Waals surface area contributed by atoms with Crippen molar-refractivity contribution in [2.75, 3.05) is 19.8 Å². The Morgan fingerprint density at radius 1 is 1.20 bits per heavy atom. The van der Waals surface area contributed by atoms with E-state index in [0.29, 0.717) is 19.6 Å². The van der Waals surface area contributed by atoms with E-state index in [1.165, 1.54) is 6.08 Å². The summed E-state index contributed by atoms with van der Waals surface area (Å²) in [6.07, 6.45) is 3.66. The second kappa shape index (κ2) is 10.6. The molecule has 0 bridgehead atoms. The zero-order valence-corrected chi connectivity index (χ0v) is 14.6. The minimum absolute atomic E-state index is 0.194. The van der Waals surface area contributed by atoms with E-state index in [-0.39, 0.29) is 23.5 Å². The summed E-state index contributed by atoms with van der Waals surface area (Å²) in [5.74, 6) is -2.32. The van der Waals surface area contributed by atoms with Gasteiger partial charge in [-0.2, -0.15) is 0 Å². The first-order chi connectivity index (χ1) is 9.56. The van der Waals surface area contributed by atoms with Crippen molar-refractivity contribution in [3.05, 3.63) is 12.2 Å². The van der Waals surface area contributed by atoms with Crippen molar-refractivity contribution in [1.82, 2.24) is 0 Å². The zero-order chi connectivity index (χ0) is 15.4. The SMILES string of the molecule is CC=CC(=O)OCCCC(OCC)(OCC)C(=O)O[SiH3]. The van der Waals surface area contributed by atoms with E-state index in [0.717, 1.165) is 0 Å². The summed E-state index contributed by atoms with van der Waals surface area (Å²) in [4.78, 5) is 23.0. The molecule has 0 aliphatic rings. The molecule has 7 heteroatoms. The largest absolute Gasteiger partial charge is 0.525 e. The molecule has 0 saturated carbocycles. The van der Waals surface area contributed by atoms with Crippen molar-refractivity contribution in [2.45, 2.75) is 39.4 Å². The van der Waals surface area contributed by atoms with Crippen LogP contribution in [0.3, 0.4) is 0 Å². The molecule has 0 radical (unpaired) electrons. The first kappa shape index (κ1) is 18.8. The van der Waals surface area contributed by atoms with Gasteiger partial charge in [-0.25, -0.2) is 9.59 Å². The molecule has 0 spiro atoms. The molecule has 6 nitrogen and oxygen atoms in total. The number of hydrogen-bond donors (Lipinski definition) is 0. The second-order valence-corrected chi connectivity index (χ2v) is 4.29. The van der Waals surface area contributed by atoms with Crippen LogP contribution in [-0.2, 0) is 28.2 Å². The monoisotopic (exact) mass is 304 g/mol. The quantitative estimate of drug-likeness (QED) is 0.192. The van der Waals surface area contributed by atoms with Crippen LogP contribution in [0.4, 0.5) is 0 Å². The topological polar surface area (TPSA) is 71.1 Å². The number of carbonyl (C=O) groups is 2. The highest BCUT2D eigenvalue weighted by molar-refractivity contribution is 6.06. The van der Waals surface area contributed by atoms with Crippen molar-refractivity contribution < 1.29 is 28.2 Å². The minimum Gasteiger partial charge on any atom is -0.525 e. The average molecular weight is 304 g/mol. The smallest absolute Gasteiger partial charge is 0.352 e. The lowest BCUT2D eigenvalue weighted by atomic mass is 10.1. The predicted molar refractivity (Wildman–Crippen MR) is 77.0 cm³/mol. The molecule has 0 aromatic carbocycles. The Morgan fingerprint density at radius 2 is 1.80 bits per heavy atom. The van der Waals surface area contributed by atoms with Gasteiger partial charge in [0.1, 0.15) is 0 Å². The van der Waals surface area contributed by atoms with E-state index in [4.69, 9.17) is 18.6 Å². The summed E-state index contributed by atoms with van der Waals surface area (Å²) in [7, 11) is 0.271. The van der Waals surface area contributed by atoms with Crippen LogP contribution >= 0.6 is 0 Å². The van der Waals surface area contributed by atoms with Crippen molar-refractivity contribution in [1.29, 1.82) is 0 Å². The van der Waals surface area contributed by atoms with Gasteiger partial charge >= 0.3 is 11.9 Å². The highest BCUT2D eigenvalue weighted by Gasteiger charge is 2.40. The molecule has 0 aromatic rings. The van der Waals surface area contributed by atoms with E-state index in [2.05, 4.69) is 0 Å². The lowest BCUT2D eigenvalue weighted by Crippen LogP contribution is -2.46. The Balaban J connectivity index is 4.48. The number of hydrogen-bond acceptors (Lipinski definition) is 6. The highest BCUT2D eigenvalue weighted by Crippen LogP contribution is 2.22. The van der Waals surface area contributed by atoms with Crippen LogP contribution in [0.1, 0.15) is 33.6 Å². The van der Waals surface area contributed by atoms with Crippen LogP contribution in [0, 0.1) is 0 Å². The first-order valence-electron chi connectivity index (χ1n) is 6.72. The summed E-state index contributed by atoms with van der Waals surface area (Å²) >= 11 is 0. The predicted octanol–water partition coefficient (Wildman–Crippen LogP) is 0.479.